The van der Waals surface area contributed by atoms with Gasteiger partial charge in [0.2, 0.25) is 0 Å². The second-order valence-electron chi connectivity index (χ2n) is 2.36. The summed E-state index contributed by atoms with van der Waals surface area (Å²) in [6, 6.07) is 0. The summed E-state index contributed by atoms with van der Waals surface area (Å²) in [5.74, 6) is -1.80. The molecule has 78 valence electrons. The Morgan fingerprint density at radius 1 is 1.15 bits per heavy atom. The number of carboxylic acid groups (broad SMARTS) is 2. The Morgan fingerprint density at radius 3 is 1.69 bits per heavy atom. The normalized spacial score (nSPS) is 8.46. The van der Waals surface area contributed by atoms with E-state index in [1.54, 1.807) is 0 Å². The van der Waals surface area contributed by atoms with E-state index >= 15 is 0 Å². The first-order valence-electron chi connectivity index (χ1n) is 4.04. The lowest BCUT2D eigenvalue weighted by Crippen LogP contribution is -2.03. The fourth-order valence-electron chi connectivity index (χ4n) is 0.474. The van der Waals surface area contributed by atoms with Crippen LogP contribution in [0.4, 0.5) is 0 Å². The largest absolute Gasteiger partial charge is 0.481 e. The van der Waals surface area contributed by atoms with Crippen LogP contribution >= 0.6 is 11.6 Å². The quantitative estimate of drug-likeness (QED) is 0.413. The Balaban J connectivity index is 0. The van der Waals surface area contributed by atoms with E-state index in [1.807, 2.05) is 0 Å². The highest BCUT2D eigenvalue weighted by Crippen LogP contribution is 1.93. The molecule has 0 aliphatic heterocycles. The number of hydrogen-bond donors (Lipinski definition) is 2. The van der Waals surface area contributed by atoms with Gasteiger partial charge in [-0.1, -0.05) is 19.8 Å². The third-order valence-electron chi connectivity index (χ3n) is 1.04. The molecule has 4 nitrogen and oxygen atoms in total. The fourth-order valence-corrected chi connectivity index (χ4v) is 0.663. The van der Waals surface area contributed by atoms with Gasteiger partial charge in [-0.2, -0.15) is 0 Å². The molecule has 2 N–H and O–H groups in total. The summed E-state index contributed by atoms with van der Waals surface area (Å²) in [4.78, 5) is 18.9. The third-order valence-corrected chi connectivity index (χ3v) is 1.31. The van der Waals surface area contributed by atoms with Crippen molar-refractivity contribution in [3.8, 4) is 0 Å². The van der Waals surface area contributed by atoms with Gasteiger partial charge < -0.3 is 10.2 Å². The molecule has 0 heterocycles. The average Bonchev–Trinajstić information content (AvgIpc) is 1.99. The van der Waals surface area contributed by atoms with Crippen LogP contribution in [0.3, 0.4) is 0 Å². The molecule has 0 aliphatic rings. The smallest absolute Gasteiger partial charge is 0.314 e. The maximum absolute atomic E-state index is 9.43. The molecule has 0 aromatic rings. The molecule has 0 fully saturated rings. The molecule has 0 rings (SSSR count). The van der Waals surface area contributed by atoms with Gasteiger partial charge in [-0.15, -0.1) is 11.6 Å². The van der Waals surface area contributed by atoms with Crippen LogP contribution in [0.15, 0.2) is 0 Å². The topological polar surface area (TPSA) is 74.6 Å². The zero-order valence-corrected chi connectivity index (χ0v) is 8.38. The number of carboxylic acids is 2. The van der Waals surface area contributed by atoms with E-state index < -0.39 is 18.4 Å². The van der Waals surface area contributed by atoms with Crippen molar-refractivity contribution in [2.75, 3.05) is 5.88 Å². The van der Waals surface area contributed by atoms with Crippen molar-refractivity contribution >= 4 is 23.5 Å². The number of rotatable bonds is 5. The summed E-state index contributed by atoms with van der Waals surface area (Å²) >= 11 is 5.38. The Morgan fingerprint density at radius 2 is 1.62 bits per heavy atom. The molecule has 0 radical (unpaired) electrons. The summed E-state index contributed by atoms with van der Waals surface area (Å²) in [7, 11) is 0. The van der Waals surface area contributed by atoms with Crippen molar-refractivity contribution in [1.29, 1.82) is 0 Å². The minimum atomic E-state index is -1.31. The van der Waals surface area contributed by atoms with E-state index in [-0.39, 0.29) is 0 Å². The highest BCUT2D eigenvalue weighted by Gasteiger charge is 2.01. The Hall–Kier alpha value is -0.770. The van der Waals surface area contributed by atoms with Crippen LogP contribution in [0.5, 0.6) is 0 Å². The van der Waals surface area contributed by atoms with E-state index in [0.717, 1.165) is 5.88 Å². The van der Waals surface area contributed by atoms with Crippen LogP contribution in [0.25, 0.3) is 0 Å². The summed E-state index contributed by atoms with van der Waals surface area (Å²) in [6.07, 6.45) is 2.92. The molecule has 0 aromatic carbocycles. The first-order chi connectivity index (χ1) is 6.04. The Kier molecular flexibility index (Phi) is 12.7. The summed E-state index contributed by atoms with van der Waals surface area (Å²) in [5.41, 5.74) is 0. The predicted octanol–water partition coefficient (Wildman–Crippen LogP) is 1.96. The molecular weight excluding hydrogens is 196 g/mol. The molecular formula is C8H15ClO4. The van der Waals surface area contributed by atoms with Gasteiger partial charge in [-0.3, -0.25) is 9.59 Å². The third kappa shape index (κ3) is 24.6. The van der Waals surface area contributed by atoms with Gasteiger partial charge in [0.1, 0.15) is 6.42 Å². The molecule has 0 aromatic heterocycles. The summed E-state index contributed by atoms with van der Waals surface area (Å²) in [5, 5.41) is 15.4. The monoisotopic (exact) mass is 210 g/mol. The van der Waals surface area contributed by atoms with Crippen molar-refractivity contribution in [3.05, 3.63) is 0 Å². The summed E-state index contributed by atoms with van der Waals surface area (Å²) < 4.78 is 0. The van der Waals surface area contributed by atoms with E-state index in [4.69, 9.17) is 21.8 Å². The minimum Gasteiger partial charge on any atom is -0.481 e. The number of carbonyl (C=O) groups is 2. The lowest BCUT2D eigenvalue weighted by molar-refractivity contribution is -0.147. The van der Waals surface area contributed by atoms with Gasteiger partial charge in [-0.25, -0.2) is 0 Å². The maximum atomic E-state index is 9.43. The average molecular weight is 211 g/mol. The van der Waals surface area contributed by atoms with Crippen LogP contribution < -0.4 is 0 Å². The predicted molar refractivity (Wildman–Crippen MR) is 50.1 cm³/mol. The van der Waals surface area contributed by atoms with Crippen molar-refractivity contribution < 1.29 is 19.8 Å². The number of hydrogen-bond acceptors (Lipinski definition) is 2. The zero-order valence-electron chi connectivity index (χ0n) is 7.62. The number of unbranched alkanes of at least 4 members (excludes halogenated alkanes) is 2. The highest BCUT2D eigenvalue weighted by atomic mass is 35.5. The van der Waals surface area contributed by atoms with Crippen molar-refractivity contribution in [2.45, 2.75) is 32.6 Å². The van der Waals surface area contributed by atoms with Gasteiger partial charge >= 0.3 is 11.9 Å². The van der Waals surface area contributed by atoms with Crippen molar-refractivity contribution in [2.24, 2.45) is 0 Å². The zero-order chi connectivity index (χ0) is 10.7. The number of alkyl halides is 1. The van der Waals surface area contributed by atoms with Crippen LogP contribution in [0.1, 0.15) is 32.6 Å². The molecule has 0 aliphatic carbocycles. The Labute approximate surface area is 82.5 Å². The van der Waals surface area contributed by atoms with E-state index in [9.17, 15) is 9.59 Å². The van der Waals surface area contributed by atoms with Crippen LogP contribution in [-0.2, 0) is 9.59 Å². The Bertz CT molecular complexity index is 131. The van der Waals surface area contributed by atoms with Gasteiger partial charge in [0.15, 0.2) is 0 Å². The lowest BCUT2D eigenvalue weighted by Gasteiger charge is -1.84. The first-order valence-corrected chi connectivity index (χ1v) is 4.57. The van der Waals surface area contributed by atoms with Gasteiger partial charge in [0.05, 0.1) is 0 Å². The van der Waals surface area contributed by atoms with E-state index in [2.05, 4.69) is 6.92 Å². The molecule has 0 bridgehead atoms. The van der Waals surface area contributed by atoms with Gasteiger partial charge in [-0.05, 0) is 6.42 Å². The number of aliphatic carboxylic acids is 2. The first kappa shape index (κ1) is 14.7. The van der Waals surface area contributed by atoms with Crippen molar-refractivity contribution in [1.82, 2.24) is 0 Å². The summed E-state index contributed by atoms with van der Waals surface area (Å²) in [6.45, 7) is 2.17. The molecule has 0 atom stereocenters. The second kappa shape index (κ2) is 11.2. The van der Waals surface area contributed by atoms with Crippen LogP contribution in [-0.4, -0.2) is 28.0 Å². The molecule has 5 heteroatoms. The molecule has 0 spiro atoms. The second-order valence-corrected chi connectivity index (χ2v) is 2.74. The fraction of sp³-hybridized carbons (Fsp3) is 0.750. The highest BCUT2D eigenvalue weighted by molar-refractivity contribution is 6.17. The number of halogens is 1. The standard InChI is InChI=1S/C5H11Cl.C3H4O4/c1-2-3-4-5-6;4-2(5)1-3(6)7/h2-5H2,1H3;1H2,(H,4,5)(H,6,7). The molecule has 0 saturated carbocycles. The van der Waals surface area contributed by atoms with E-state index in [1.165, 1.54) is 19.3 Å². The minimum absolute atomic E-state index is 0.806. The molecule has 0 amide bonds. The van der Waals surface area contributed by atoms with Gasteiger partial charge in [0.25, 0.3) is 0 Å². The van der Waals surface area contributed by atoms with Crippen molar-refractivity contribution in [3.63, 3.8) is 0 Å². The molecule has 0 saturated heterocycles. The van der Waals surface area contributed by atoms with Gasteiger partial charge in [0, 0.05) is 5.88 Å². The molecule has 0 unspecified atom stereocenters. The van der Waals surface area contributed by atoms with E-state index in [0.29, 0.717) is 0 Å². The SMILES string of the molecule is CCCCCCl.O=C(O)CC(=O)O. The van der Waals surface area contributed by atoms with Crippen LogP contribution in [0.2, 0.25) is 0 Å². The molecule has 13 heavy (non-hydrogen) atoms. The van der Waals surface area contributed by atoms with Crippen LogP contribution in [0, 0.1) is 0 Å². The lowest BCUT2D eigenvalue weighted by atomic mass is 10.3. The maximum Gasteiger partial charge on any atom is 0.314 e.